The predicted octanol–water partition coefficient (Wildman–Crippen LogP) is 7.14. The van der Waals surface area contributed by atoms with Gasteiger partial charge in [0.15, 0.2) is 0 Å². The fourth-order valence-corrected chi connectivity index (χ4v) is 10.4. The fraction of sp³-hybridized carbons (Fsp3) is 0.735. The first-order valence-electron chi connectivity index (χ1n) is 15.3. The molecule has 38 heavy (non-hydrogen) atoms. The quantitative estimate of drug-likeness (QED) is 0.390. The number of fused-ring (bicyclic) bond motifs is 5. The lowest BCUT2D eigenvalue weighted by atomic mass is 9.41. The van der Waals surface area contributed by atoms with E-state index in [2.05, 4.69) is 39.8 Å². The largest absolute Gasteiger partial charge is 0.465 e. The molecule has 0 heterocycles. The minimum atomic E-state index is -0.297. The van der Waals surface area contributed by atoms with Gasteiger partial charge in [0.2, 0.25) is 0 Å². The highest BCUT2D eigenvalue weighted by molar-refractivity contribution is 5.89. The van der Waals surface area contributed by atoms with Crippen molar-refractivity contribution in [3.63, 3.8) is 0 Å². The molecule has 210 valence electrons. The van der Waals surface area contributed by atoms with Crippen LogP contribution in [0.15, 0.2) is 30.3 Å². The first-order valence-corrected chi connectivity index (χ1v) is 15.3. The van der Waals surface area contributed by atoms with Crippen LogP contribution in [0.4, 0.5) is 0 Å². The zero-order valence-electron chi connectivity index (χ0n) is 24.2. The number of benzene rings is 1. The van der Waals surface area contributed by atoms with Gasteiger partial charge in [-0.2, -0.15) is 0 Å². The molecule has 0 aromatic heterocycles. The number of allylic oxidation sites excluding steroid dienone is 1. The second-order valence-corrected chi connectivity index (χ2v) is 13.9. The van der Waals surface area contributed by atoms with E-state index in [9.17, 15) is 15.0 Å². The first-order chi connectivity index (χ1) is 18.1. The summed E-state index contributed by atoms with van der Waals surface area (Å²) in [5.74, 6) is 3.32. The fourth-order valence-electron chi connectivity index (χ4n) is 10.4. The molecule has 5 rings (SSSR count). The van der Waals surface area contributed by atoms with Crippen LogP contribution in [0, 0.1) is 52.3 Å². The molecule has 11 atom stereocenters. The molecule has 4 nitrogen and oxygen atoms in total. The summed E-state index contributed by atoms with van der Waals surface area (Å²) in [5, 5.41) is 22.4. The van der Waals surface area contributed by atoms with Crippen LogP contribution < -0.4 is 0 Å². The molecule has 1 aromatic rings. The van der Waals surface area contributed by atoms with Crippen molar-refractivity contribution < 1.29 is 19.7 Å². The third kappa shape index (κ3) is 4.58. The van der Waals surface area contributed by atoms with Gasteiger partial charge in [0, 0.05) is 0 Å². The molecule has 0 amide bonds. The molecule has 4 fully saturated rings. The Hall–Kier alpha value is -1.65. The minimum Gasteiger partial charge on any atom is -0.465 e. The summed E-state index contributed by atoms with van der Waals surface area (Å²) >= 11 is 0. The topological polar surface area (TPSA) is 66.8 Å². The van der Waals surface area contributed by atoms with E-state index < -0.39 is 0 Å². The van der Waals surface area contributed by atoms with Crippen molar-refractivity contribution in [1.82, 2.24) is 0 Å². The van der Waals surface area contributed by atoms with Crippen molar-refractivity contribution in [3.8, 4) is 0 Å². The number of hydrogen-bond donors (Lipinski definition) is 2. The summed E-state index contributed by atoms with van der Waals surface area (Å²) in [7, 11) is 1.42. The van der Waals surface area contributed by atoms with Crippen molar-refractivity contribution in [1.29, 1.82) is 0 Å². The lowest BCUT2D eigenvalue weighted by Crippen LogP contribution is -2.62. The Kier molecular flexibility index (Phi) is 7.88. The molecule has 0 spiro atoms. The van der Waals surface area contributed by atoms with E-state index in [-0.39, 0.29) is 29.0 Å². The van der Waals surface area contributed by atoms with Gasteiger partial charge in [0.1, 0.15) is 0 Å². The summed E-state index contributed by atoms with van der Waals surface area (Å²) < 4.78 is 4.87. The number of aliphatic hydroxyl groups is 2. The molecule has 0 aliphatic heterocycles. The highest BCUT2D eigenvalue weighted by Crippen LogP contribution is 2.69. The lowest BCUT2D eigenvalue weighted by Gasteiger charge is -2.64. The van der Waals surface area contributed by atoms with E-state index in [1.807, 2.05) is 18.2 Å². The molecule has 2 N–H and O–H groups in total. The van der Waals surface area contributed by atoms with Crippen LogP contribution in [0.2, 0.25) is 0 Å². The van der Waals surface area contributed by atoms with Crippen molar-refractivity contribution in [2.24, 2.45) is 52.3 Å². The summed E-state index contributed by atoms with van der Waals surface area (Å²) in [5.41, 5.74) is 2.17. The van der Waals surface area contributed by atoms with Gasteiger partial charge in [-0.3, -0.25) is 0 Å². The molecule has 4 aliphatic rings. The molecule has 6 unspecified atom stereocenters. The van der Waals surface area contributed by atoms with E-state index in [0.717, 1.165) is 37.7 Å². The van der Waals surface area contributed by atoms with Crippen molar-refractivity contribution in [2.45, 2.75) is 97.7 Å². The van der Waals surface area contributed by atoms with Crippen molar-refractivity contribution in [3.05, 3.63) is 41.5 Å². The highest BCUT2D eigenvalue weighted by Gasteiger charge is 2.64. The zero-order valence-corrected chi connectivity index (χ0v) is 24.2. The number of rotatable bonds is 6. The SMILES string of the molecule is CC[C@@H]1C2C[C@H](O)CCC2(C)C2CCC3(C)C(CC[C@@H]3[C@H](C)C/C=C/c3cccc(C(=O)OC)c3)C2[C@@H]1O. The van der Waals surface area contributed by atoms with Gasteiger partial charge >= 0.3 is 5.97 Å². The summed E-state index contributed by atoms with van der Waals surface area (Å²) in [4.78, 5) is 11.9. The average Bonchev–Trinajstić information content (AvgIpc) is 3.26. The molecule has 4 heteroatoms. The van der Waals surface area contributed by atoms with Crippen LogP contribution in [0.1, 0.15) is 101 Å². The van der Waals surface area contributed by atoms with Crippen LogP contribution in [0.5, 0.6) is 0 Å². The lowest BCUT2D eigenvalue weighted by molar-refractivity contribution is -0.203. The maximum absolute atomic E-state index is 11.9. The Morgan fingerprint density at radius 2 is 1.82 bits per heavy atom. The van der Waals surface area contributed by atoms with Crippen LogP contribution in [0.25, 0.3) is 6.08 Å². The van der Waals surface area contributed by atoms with Gasteiger partial charge in [-0.25, -0.2) is 4.79 Å². The summed E-state index contributed by atoms with van der Waals surface area (Å²) in [6.45, 7) is 9.75. The normalized spacial score (nSPS) is 43.2. The van der Waals surface area contributed by atoms with Gasteiger partial charge < -0.3 is 14.9 Å². The van der Waals surface area contributed by atoms with Gasteiger partial charge in [0.05, 0.1) is 24.9 Å². The Morgan fingerprint density at radius 1 is 1.08 bits per heavy atom. The number of carbonyl (C=O) groups excluding carboxylic acids is 1. The van der Waals surface area contributed by atoms with Crippen LogP contribution >= 0.6 is 0 Å². The number of carbonyl (C=O) groups is 1. The first kappa shape index (κ1) is 27.9. The molecule has 0 radical (unpaired) electrons. The second kappa shape index (κ2) is 10.7. The number of methoxy groups -OCH3 is 1. The number of hydrogen-bond acceptors (Lipinski definition) is 4. The Balaban J connectivity index is 1.31. The van der Waals surface area contributed by atoms with Crippen LogP contribution in [0.3, 0.4) is 0 Å². The Bertz CT molecular complexity index is 1030. The highest BCUT2D eigenvalue weighted by atomic mass is 16.5. The molecular formula is C34H50O4. The predicted molar refractivity (Wildman–Crippen MR) is 152 cm³/mol. The maximum Gasteiger partial charge on any atom is 0.337 e. The molecule has 0 bridgehead atoms. The third-order valence-electron chi connectivity index (χ3n) is 12.3. The van der Waals surface area contributed by atoms with Crippen LogP contribution in [-0.4, -0.2) is 35.5 Å². The van der Waals surface area contributed by atoms with E-state index in [0.29, 0.717) is 47.0 Å². The smallest absolute Gasteiger partial charge is 0.337 e. The molecule has 1 aromatic carbocycles. The molecule has 0 saturated heterocycles. The van der Waals surface area contributed by atoms with Gasteiger partial charge in [0.25, 0.3) is 0 Å². The Morgan fingerprint density at radius 3 is 2.55 bits per heavy atom. The molecule has 4 aliphatic carbocycles. The molecular weight excluding hydrogens is 472 g/mol. The standard InChI is InChI=1S/C34H50O4/c1-6-25-29-20-24(35)15-17-34(29,4)28-16-18-33(3)26(13-14-27(33)30(28)31(25)36)21(2)9-7-10-22-11-8-12-23(19-22)32(37)38-5/h7-8,10-12,19,21,24-31,35-36H,6,9,13-18,20H2,1-5H3/b10-7+/t21-,24-,25-,26-,27?,28?,29?,30?,31-,33?,34?/m1/s1. The number of ether oxygens (including phenoxy) is 1. The maximum atomic E-state index is 11.9. The zero-order chi connectivity index (χ0) is 27.2. The number of esters is 1. The minimum absolute atomic E-state index is 0.188. The summed E-state index contributed by atoms with van der Waals surface area (Å²) in [6.07, 6.45) is 14.0. The monoisotopic (exact) mass is 522 g/mol. The van der Waals surface area contributed by atoms with Crippen molar-refractivity contribution in [2.75, 3.05) is 7.11 Å². The third-order valence-corrected chi connectivity index (χ3v) is 12.3. The average molecular weight is 523 g/mol. The van der Waals surface area contributed by atoms with E-state index in [1.165, 1.54) is 32.8 Å². The number of aliphatic hydroxyl groups excluding tert-OH is 2. The van der Waals surface area contributed by atoms with Gasteiger partial charge in [-0.1, -0.05) is 58.4 Å². The Labute approximate surface area is 230 Å². The molecule has 4 saturated carbocycles. The van der Waals surface area contributed by atoms with Crippen molar-refractivity contribution >= 4 is 12.0 Å². The van der Waals surface area contributed by atoms with E-state index in [4.69, 9.17) is 4.74 Å². The second-order valence-electron chi connectivity index (χ2n) is 13.9. The van der Waals surface area contributed by atoms with Crippen LogP contribution in [-0.2, 0) is 4.74 Å². The van der Waals surface area contributed by atoms with Gasteiger partial charge in [-0.05, 0) is 121 Å². The van der Waals surface area contributed by atoms with Gasteiger partial charge in [-0.15, -0.1) is 0 Å². The van der Waals surface area contributed by atoms with E-state index in [1.54, 1.807) is 6.07 Å². The van der Waals surface area contributed by atoms with E-state index >= 15 is 0 Å². The summed E-state index contributed by atoms with van der Waals surface area (Å²) in [6, 6.07) is 7.64.